The number of carbonyl (C=O) groups is 2. The van der Waals surface area contributed by atoms with Gasteiger partial charge in [-0.3, -0.25) is 4.79 Å². The van der Waals surface area contributed by atoms with Crippen molar-refractivity contribution in [2.75, 3.05) is 18.6 Å². The molecular formula is C27H23F2N5O4. The van der Waals surface area contributed by atoms with E-state index in [1.807, 2.05) is 0 Å². The topological polar surface area (TPSA) is 98.6 Å². The predicted octanol–water partition coefficient (Wildman–Crippen LogP) is 3.71. The molecule has 0 radical (unpaired) electrons. The van der Waals surface area contributed by atoms with Gasteiger partial charge in [0, 0.05) is 37.5 Å². The highest BCUT2D eigenvalue weighted by molar-refractivity contribution is 6.00. The molecule has 0 spiro atoms. The van der Waals surface area contributed by atoms with E-state index in [0.717, 1.165) is 10.2 Å². The number of benzene rings is 2. The Morgan fingerprint density at radius 3 is 2.76 bits per heavy atom. The Labute approximate surface area is 216 Å². The van der Waals surface area contributed by atoms with Gasteiger partial charge in [-0.2, -0.15) is 14.2 Å². The van der Waals surface area contributed by atoms with Crippen LogP contribution in [0.3, 0.4) is 0 Å². The van der Waals surface area contributed by atoms with E-state index in [-0.39, 0.29) is 24.9 Å². The number of likely N-dealkylation sites (N-methyl/N-ethyl adjacent to an activating group) is 1. The first-order valence-corrected chi connectivity index (χ1v) is 11.7. The van der Waals surface area contributed by atoms with Crippen LogP contribution in [0.1, 0.15) is 16.7 Å². The van der Waals surface area contributed by atoms with E-state index in [2.05, 4.69) is 15.4 Å². The minimum Gasteiger partial charge on any atom is -0.489 e. The van der Waals surface area contributed by atoms with Crippen LogP contribution in [0.15, 0.2) is 73.2 Å². The summed E-state index contributed by atoms with van der Waals surface area (Å²) in [4.78, 5) is 31.0. The van der Waals surface area contributed by atoms with Crippen molar-refractivity contribution in [2.24, 2.45) is 0 Å². The van der Waals surface area contributed by atoms with Gasteiger partial charge in [0.1, 0.15) is 36.6 Å². The van der Waals surface area contributed by atoms with Crippen LogP contribution in [0, 0.1) is 11.8 Å². The normalized spacial score (nSPS) is 14.9. The van der Waals surface area contributed by atoms with Crippen molar-refractivity contribution in [3.63, 3.8) is 0 Å². The number of amides is 2. The standard InChI is InChI=1S/C27H23F2N5O4/c1-33-23-11-21(37-15-18-5-8-25(29)30-12-18)6-7-24(23)38-16-22(26(33)35)32-27(36)34-14-19(13-31-34)9-17-3-2-4-20(28)10-17/h2-8,10-14,22H,9,15-16H2,1H3,(H,32,36)/t22-/m0/s1. The van der Waals surface area contributed by atoms with E-state index in [1.165, 1.54) is 41.7 Å². The molecule has 38 heavy (non-hydrogen) atoms. The number of aromatic nitrogens is 3. The molecule has 0 fully saturated rings. The van der Waals surface area contributed by atoms with Gasteiger partial charge < -0.3 is 19.7 Å². The molecule has 0 aliphatic carbocycles. The lowest BCUT2D eigenvalue weighted by atomic mass is 10.1. The van der Waals surface area contributed by atoms with Crippen LogP contribution in [0.2, 0.25) is 0 Å². The van der Waals surface area contributed by atoms with E-state index in [4.69, 9.17) is 9.47 Å². The number of carbonyl (C=O) groups excluding carboxylic acids is 2. The molecule has 0 bridgehead atoms. The van der Waals surface area contributed by atoms with Gasteiger partial charge >= 0.3 is 6.03 Å². The number of rotatable bonds is 6. The zero-order chi connectivity index (χ0) is 26.6. The maximum atomic E-state index is 13.5. The van der Waals surface area contributed by atoms with Gasteiger partial charge in [-0.25, -0.2) is 14.2 Å². The van der Waals surface area contributed by atoms with Crippen molar-refractivity contribution in [1.82, 2.24) is 20.1 Å². The molecule has 4 aromatic rings. The molecule has 3 heterocycles. The van der Waals surface area contributed by atoms with Gasteiger partial charge in [0.2, 0.25) is 5.95 Å². The van der Waals surface area contributed by atoms with Crippen LogP contribution >= 0.6 is 0 Å². The van der Waals surface area contributed by atoms with Gasteiger partial charge in [0.05, 0.1) is 11.9 Å². The predicted molar refractivity (Wildman–Crippen MR) is 133 cm³/mol. The lowest BCUT2D eigenvalue weighted by Crippen LogP contribution is -2.50. The molecular weight excluding hydrogens is 496 g/mol. The minimum absolute atomic E-state index is 0.0826. The van der Waals surface area contributed by atoms with Gasteiger partial charge in [0.15, 0.2) is 0 Å². The van der Waals surface area contributed by atoms with E-state index < -0.39 is 18.0 Å². The summed E-state index contributed by atoms with van der Waals surface area (Å²) >= 11 is 0. The summed E-state index contributed by atoms with van der Waals surface area (Å²) in [6.45, 7) is 0.0785. The van der Waals surface area contributed by atoms with Crippen LogP contribution in [-0.2, 0) is 17.8 Å². The maximum Gasteiger partial charge on any atom is 0.342 e. The number of pyridine rings is 1. The second kappa shape index (κ2) is 10.7. The zero-order valence-corrected chi connectivity index (χ0v) is 20.3. The fourth-order valence-corrected chi connectivity index (χ4v) is 3.99. The van der Waals surface area contributed by atoms with Crippen molar-refractivity contribution in [3.8, 4) is 11.5 Å². The summed E-state index contributed by atoms with van der Waals surface area (Å²) in [6.07, 6.45) is 4.83. The Morgan fingerprint density at radius 2 is 1.97 bits per heavy atom. The summed E-state index contributed by atoms with van der Waals surface area (Å²) in [5, 5.41) is 6.73. The van der Waals surface area contributed by atoms with Crippen molar-refractivity contribution in [2.45, 2.75) is 19.1 Å². The highest BCUT2D eigenvalue weighted by atomic mass is 19.1. The largest absolute Gasteiger partial charge is 0.489 e. The number of hydrogen-bond donors (Lipinski definition) is 1. The third-order valence-electron chi connectivity index (χ3n) is 5.96. The SMILES string of the molecule is CN1C(=O)[C@@H](NC(=O)n2cc(Cc3cccc(F)c3)cn2)COc2ccc(OCc3ccc(F)nc3)cc21. The van der Waals surface area contributed by atoms with E-state index in [9.17, 15) is 18.4 Å². The Balaban J connectivity index is 1.23. The number of hydrogen-bond acceptors (Lipinski definition) is 6. The van der Waals surface area contributed by atoms with Crippen molar-refractivity contribution >= 4 is 17.6 Å². The molecule has 0 saturated carbocycles. The Bertz CT molecular complexity index is 1470. The molecule has 1 aliphatic rings. The molecule has 0 saturated heterocycles. The smallest absolute Gasteiger partial charge is 0.342 e. The number of nitrogens with zero attached hydrogens (tertiary/aromatic N) is 4. The fourth-order valence-electron chi connectivity index (χ4n) is 3.99. The van der Waals surface area contributed by atoms with Crippen LogP contribution in [0.25, 0.3) is 0 Å². The minimum atomic E-state index is -0.967. The number of anilines is 1. The summed E-state index contributed by atoms with van der Waals surface area (Å²) in [6, 6.07) is 12.5. The highest BCUT2D eigenvalue weighted by Gasteiger charge is 2.31. The average Bonchev–Trinajstić information content (AvgIpc) is 3.34. The van der Waals surface area contributed by atoms with Crippen LogP contribution < -0.4 is 19.7 Å². The number of ether oxygens (including phenoxy) is 2. The summed E-state index contributed by atoms with van der Waals surface area (Å²) in [7, 11) is 1.58. The molecule has 11 heteroatoms. The number of halogens is 2. The van der Waals surface area contributed by atoms with Gasteiger partial charge in [-0.05, 0) is 47.5 Å². The molecule has 2 aromatic carbocycles. The van der Waals surface area contributed by atoms with Crippen molar-refractivity contribution in [1.29, 1.82) is 0 Å². The first-order valence-electron chi connectivity index (χ1n) is 11.7. The Hall–Kier alpha value is -4.80. The van der Waals surface area contributed by atoms with E-state index >= 15 is 0 Å². The summed E-state index contributed by atoms with van der Waals surface area (Å²) < 4.78 is 39.1. The monoisotopic (exact) mass is 519 g/mol. The molecule has 1 atom stereocenters. The average molecular weight is 520 g/mol. The van der Waals surface area contributed by atoms with Crippen LogP contribution in [0.4, 0.5) is 19.3 Å². The third-order valence-corrected chi connectivity index (χ3v) is 5.96. The van der Waals surface area contributed by atoms with Crippen molar-refractivity contribution < 1.29 is 27.8 Å². The molecule has 194 valence electrons. The molecule has 5 rings (SSSR count). The molecule has 9 nitrogen and oxygen atoms in total. The molecule has 0 unspecified atom stereocenters. The highest BCUT2D eigenvalue weighted by Crippen LogP contribution is 2.34. The molecule has 2 aromatic heterocycles. The zero-order valence-electron chi connectivity index (χ0n) is 20.3. The van der Waals surface area contributed by atoms with Gasteiger partial charge in [-0.15, -0.1) is 0 Å². The molecule has 1 aliphatic heterocycles. The van der Waals surface area contributed by atoms with Crippen molar-refractivity contribution in [3.05, 3.63) is 102 Å². The van der Waals surface area contributed by atoms with E-state index in [0.29, 0.717) is 34.7 Å². The maximum absolute atomic E-state index is 13.5. The molecule has 1 N–H and O–H groups in total. The van der Waals surface area contributed by atoms with Gasteiger partial charge in [-0.1, -0.05) is 12.1 Å². The number of fused-ring (bicyclic) bond motifs is 1. The van der Waals surface area contributed by atoms with Gasteiger partial charge in [0.25, 0.3) is 5.91 Å². The van der Waals surface area contributed by atoms with Crippen LogP contribution in [-0.4, -0.2) is 46.4 Å². The van der Waals surface area contributed by atoms with Crippen LogP contribution in [0.5, 0.6) is 11.5 Å². The first kappa shape index (κ1) is 24.9. The lowest BCUT2D eigenvalue weighted by molar-refractivity contribution is -0.120. The number of nitrogens with one attached hydrogen (secondary N) is 1. The fraction of sp³-hybridized carbons (Fsp3) is 0.185. The second-order valence-corrected chi connectivity index (χ2v) is 8.72. The Morgan fingerprint density at radius 1 is 1.11 bits per heavy atom. The first-order chi connectivity index (χ1) is 18.4. The summed E-state index contributed by atoms with van der Waals surface area (Å²) in [5.41, 5.74) is 2.61. The molecule has 2 amide bonds. The Kier molecular flexibility index (Phi) is 6.98. The summed E-state index contributed by atoms with van der Waals surface area (Å²) in [5.74, 6) is -0.377. The quantitative estimate of drug-likeness (QED) is 0.390. The lowest BCUT2D eigenvalue weighted by Gasteiger charge is -2.20. The second-order valence-electron chi connectivity index (χ2n) is 8.72. The van der Waals surface area contributed by atoms with E-state index in [1.54, 1.807) is 43.4 Å². The third kappa shape index (κ3) is 5.61.